The Bertz CT molecular complexity index is 1290. The van der Waals surface area contributed by atoms with E-state index in [1.165, 1.54) is 24.3 Å². The summed E-state index contributed by atoms with van der Waals surface area (Å²) >= 11 is 7.21. The maximum atomic E-state index is 12.9. The zero-order chi connectivity index (χ0) is 22.8. The largest absolute Gasteiger partial charge is 0.325 e. The Balaban J connectivity index is 1.84. The number of nitrogens with zero attached hydrogens (tertiary/aromatic N) is 2. The number of halogens is 1. The second-order valence-corrected chi connectivity index (χ2v) is 10.1. The van der Waals surface area contributed by atoms with Gasteiger partial charge in [-0.15, -0.1) is 0 Å². The third-order valence-electron chi connectivity index (χ3n) is 4.43. The van der Waals surface area contributed by atoms with Crippen LogP contribution in [0, 0.1) is 0 Å². The number of sulfonamides is 1. The SMILES string of the molecule is CCCn1c(S[C@H](C)C(=O)Nc2ccc(S(N)(=O)=O)cc2)nc2cc(Cl)ccc2c1=O. The van der Waals surface area contributed by atoms with Crippen LogP contribution in [0.25, 0.3) is 10.9 Å². The van der Waals surface area contributed by atoms with Crippen molar-refractivity contribution in [3.05, 3.63) is 57.8 Å². The number of amides is 1. The van der Waals surface area contributed by atoms with Gasteiger partial charge in [0.15, 0.2) is 5.16 Å². The average Bonchev–Trinajstić information content (AvgIpc) is 2.70. The molecule has 2 aromatic carbocycles. The first-order chi connectivity index (χ1) is 14.6. The van der Waals surface area contributed by atoms with Gasteiger partial charge in [-0.3, -0.25) is 14.2 Å². The summed E-state index contributed by atoms with van der Waals surface area (Å²) in [6, 6.07) is 10.5. The number of primary sulfonamides is 1. The molecular weight excluding hydrogens is 460 g/mol. The smallest absolute Gasteiger partial charge is 0.262 e. The summed E-state index contributed by atoms with van der Waals surface area (Å²) in [5, 5.41) is 8.58. The molecule has 0 aliphatic rings. The van der Waals surface area contributed by atoms with Crippen LogP contribution in [0.2, 0.25) is 5.02 Å². The van der Waals surface area contributed by atoms with Crippen LogP contribution in [-0.2, 0) is 21.4 Å². The number of benzene rings is 2. The number of thioether (sulfide) groups is 1. The molecule has 0 bridgehead atoms. The summed E-state index contributed by atoms with van der Waals surface area (Å²) in [5.41, 5.74) is 0.713. The van der Waals surface area contributed by atoms with Gasteiger partial charge in [0.05, 0.1) is 21.0 Å². The molecule has 0 saturated heterocycles. The molecule has 0 fully saturated rings. The Morgan fingerprint density at radius 3 is 2.55 bits per heavy atom. The first-order valence-electron chi connectivity index (χ1n) is 9.40. The van der Waals surface area contributed by atoms with Crippen molar-refractivity contribution in [2.24, 2.45) is 5.14 Å². The van der Waals surface area contributed by atoms with E-state index in [2.05, 4.69) is 10.3 Å². The number of hydrogen-bond acceptors (Lipinski definition) is 6. The molecule has 1 heterocycles. The van der Waals surface area contributed by atoms with Crippen LogP contribution in [0.3, 0.4) is 0 Å². The number of aromatic nitrogens is 2. The third-order valence-corrected chi connectivity index (χ3v) is 6.69. The molecule has 3 N–H and O–H groups in total. The van der Waals surface area contributed by atoms with Gasteiger partial charge in [0.1, 0.15) is 0 Å². The Labute approximate surface area is 188 Å². The average molecular weight is 481 g/mol. The molecule has 0 aliphatic carbocycles. The number of rotatable bonds is 7. The van der Waals surface area contributed by atoms with Crippen molar-refractivity contribution >= 4 is 55.9 Å². The van der Waals surface area contributed by atoms with Gasteiger partial charge in [-0.2, -0.15) is 0 Å². The number of fused-ring (bicyclic) bond motifs is 1. The third kappa shape index (κ3) is 5.45. The molecule has 11 heteroatoms. The Hall–Kier alpha value is -2.40. The van der Waals surface area contributed by atoms with Crippen molar-refractivity contribution in [2.45, 2.75) is 42.1 Å². The minimum Gasteiger partial charge on any atom is -0.325 e. The van der Waals surface area contributed by atoms with E-state index in [0.29, 0.717) is 33.3 Å². The summed E-state index contributed by atoms with van der Waals surface area (Å²) in [4.78, 5) is 30.1. The van der Waals surface area contributed by atoms with E-state index in [9.17, 15) is 18.0 Å². The molecule has 3 rings (SSSR count). The van der Waals surface area contributed by atoms with Gasteiger partial charge in [0.2, 0.25) is 15.9 Å². The molecular formula is C20H21ClN4O4S2. The predicted molar refractivity (Wildman–Crippen MR) is 123 cm³/mol. The minimum absolute atomic E-state index is 0.0458. The number of carbonyl (C=O) groups excluding carboxylic acids is 1. The van der Waals surface area contributed by atoms with Gasteiger partial charge in [-0.05, 0) is 55.8 Å². The molecule has 31 heavy (non-hydrogen) atoms. The summed E-state index contributed by atoms with van der Waals surface area (Å²) in [6.07, 6.45) is 0.727. The topological polar surface area (TPSA) is 124 Å². The number of hydrogen-bond donors (Lipinski definition) is 2. The lowest BCUT2D eigenvalue weighted by Crippen LogP contribution is -2.27. The maximum absolute atomic E-state index is 12.9. The number of anilines is 1. The molecule has 1 aromatic heterocycles. The first-order valence-corrected chi connectivity index (χ1v) is 12.2. The molecule has 0 aliphatic heterocycles. The van der Waals surface area contributed by atoms with E-state index < -0.39 is 15.3 Å². The van der Waals surface area contributed by atoms with Crippen LogP contribution in [0.1, 0.15) is 20.3 Å². The second kappa shape index (κ2) is 9.39. The summed E-state index contributed by atoms with van der Waals surface area (Å²) in [7, 11) is -3.81. The highest BCUT2D eigenvalue weighted by molar-refractivity contribution is 8.00. The quantitative estimate of drug-likeness (QED) is 0.395. The lowest BCUT2D eigenvalue weighted by atomic mass is 10.2. The normalized spacial score (nSPS) is 12.6. The number of nitrogens with two attached hydrogens (primary N) is 1. The van der Waals surface area contributed by atoms with Crippen molar-refractivity contribution in [3.8, 4) is 0 Å². The maximum Gasteiger partial charge on any atom is 0.262 e. The fourth-order valence-electron chi connectivity index (χ4n) is 2.87. The van der Waals surface area contributed by atoms with E-state index in [-0.39, 0.29) is 16.4 Å². The van der Waals surface area contributed by atoms with Gasteiger partial charge in [-0.1, -0.05) is 30.3 Å². The van der Waals surface area contributed by atoms with Gasteiger partial charge < -0.3 is 5.32 Å². The van der Waals surface area contributed by atoms with Gasteiger partial charge in [0, 0.05) is 17.3 Å². The molecule has 0 saturated carbocycles. The van der Waals surface area contributed by atoms with E-state index in [0.717, 1.165) is 18.2 Å². The lowest BCUT2D eigenvalue weighted by Gasteiger charge is -2.16. The highest BCUT2D eigenvalue weighted by Gasteiger charge is 2.20. The molecule has 164 valence electrons. The fraction of sp³-hybridized carbons (Fsp3) is 0.250. The van der Waals surface area contributed by atoms with Crippen LogP contribution in [0.15, 0.2) is 57.3 Å². The molecule has 0 spiro atoms. The summed E-state index contributed by atoms with van der Waals surface area (Å²) < 4.78 is 24.3. The van der Waals surface area contributed by atoms with Crippen LogP contribution in [0.4, 0.5) is 5.69 Å². The standard InChI is InChI=1S/C20H21ClN4O4S2/c1-3-10-25-19(27)16-9-4-13(21)11-17(16)24-20(25)30-12(2)18(26)23-14-5-7-15(8-6-14)31(22,28)29/h4-9,11-12H,3,10H2,1-2H3,(H,23,26)(H2,22,28,29)/t12-/m1/s1. The number of carbonyl (C=O) groups is 1. The highest BCUT2D eigenvalue weighted by Crippen LogP contribution is 2.25. The van der Waals surface area contributed by atoms with Crippen LogP contribution in [0.5, 0.6) is 0 Å². The van der Waals surface area contributed by atoms with E-state index in [1.54, 1.807) is 29.7 Å². The molecule has 8 nitrogen and oxygen atoms in total. The molecule has 1 atom stereocenters. The van der Waals surface area contributed by atoms with Crippen LogP contribution >= 0.6 is 23.4 Å². The summed E-state index contributed by atoms with van der Waals surface area (Å²) in [5.74, 6) is -0.322. The predicted octanol–water partition coefficient (Wildman–Crippen LogP) is 3.23. The van der Waals surface area contributed by atoms with Crippen molar-refractivity contribution in [1.29, 1.82) is 0 Å². The zero-order valence-corrected chi connectivity index (χ0v) is 19.2. The molecule has 0 unspecified atom stereocenters. The Morgan fingerprint density at radius 2 is 1.94 bits per heavy atom. The van der Waals surface area contributed by atoms with Crippen LogP contribution < -0.4 is 16.0 Å². The van der Waals surface area contributed by atoms with E-state index in [4.69, 9.17) is 16.7 Å². The van der Waals surface area contributed by atoms with Crippen molar-refractivity contribution in [3.63, 3.8) is 0 Å². The first kappa shape index (κ1) is 23.3. The molecule has 1 amide bonds. The van der Waals surface area contributed by atoms with E-state index in [1.807, 2.05) is 6.92 Å². The Kier molecular flexibility index (Phi) is 7.05. The molecule has 0 radical (unpaired) electrons. The summed E-state index contributed by atoms with van der Waals surface area (Å²) in [6.45, 7) is 4.12. The van der Waals surface area contributed by atoms with Gasteiger partial charge in [-0.25, -0.2) is 18.5 Å². The van der Waals surface area contributed by atoms with Gasteiger partial charge in [0.25, 0.3) is 5.56 Å². The number of nitrogens with one attached hydrogen (secondary N) is 1. The molecule has 3 aromatic rings. The van der Waals surface area contributed by atoms with Crippen molar-refractivity contribution in [2.75, 3.05) is 5.32 Å². The zero-order valence-electron chi connectivity index (χ0n) is 16.8. The van der Waals surface area contributed by atoms with Crippen molar-refractivity contribution < 1.29 is 13.2 Å². The van der Waals surface area contributed by atoms with Crippen molar-refractivity contribution in [1.82, 2.24) is 9.55 Å². The minimum atomic E-state index is -3.81. The fourth-order valence-corrected chi connectivity index (χ4v) is 4.48. The second-order valence-electron chi connectivity index (χ2n) is 6.83. The van der Waals surface area contributed by atoms with E-state index >= 15 is 0 Å². The lowest BCUT2D eigenvalue weighted by molar-refractivity contribution is -0.115. The Morgan fingerprint density at radius 1 is 1.26 bits per heavy atom. The monoisotopic (exact) mass is 480 g/mol. The van der Waals surface area contributed by atoms with Crippen LogP contribution in [-0.4, -0.2) is 29.1 Å². The van der Waals surface area contributed by atoms with Gasteiger partial charge >= 0.3 is 0 Å². The highest BCUT2D eigenvalue weighted by atomic mass is 35.5.